The standard InChI is InChI=1S/C20H38O6/c1-15(9-13-22)19(24)18(23)14-17-8-5-11-20(26-17)10-4-7-16(25-20)6-2-3-12-21/h15-19,21-24H,2-14H2,1H3/t15-,16-,17+,18-,19+,20+/m1/s1. The summed E-state index contributed by atoms with van der Waals surface area (Å²) in [5, 5.41) is 38.6. The predicted molar refractivity (Wildman–Crippen MR) is 98.6 cm³/mol. The maximum Gasteiger partial charge on any atom is 0.169 e. The molecule has 0 unspecified atom stereocenters. The molecule has 2 aliphatic heterocycles. The molecule has 6 heteroatoms. The second kappa shape index (κ2) is 10.9. The third-order valence-corrected chi connectivity index (χ3v) is 5.93. The minimum atomic E-state index is -0.847. The lowest BCUT2D eigenvalue weighted by Crippen LogP contribution is -2.49. The Hall–Kier alpha value is -0.240. The smallest absolute Gasteiger partial charge is 0.169 e. The van der Waals surface area contributed by atoms with Gasteiger partial charge in [0.1, 0.15) is 0 Å². The van der Waals surface area contributed by atoms with Crippen LogP contribution in [0.3, 0.4) is 0 Å². The van der Waals surface area contributed by atoms with Crippen LogP contribution >= 0.6 is 0 Å². The lowest BCUT2D eigenvalue weighted by atomic mass is 9.88. The van der Waals surface area contributed by atoms with Crippen molar-refractivity contribution in [2.75, 3.05) is 13.2 Å². The summed E-state index contributed by atoms with van der Waals surface area (Å²) in [6.07, 6.45) is 7.78. The second-order valence-corrected chi connectivity index (χ2v) is 8.18. The first-order valence-corrected chi connectivity index (χ1v) is 10.4. The molecule has 0 aromatic rings. The molecule has 1 spiro atoms. The Morgan fingerprint density at radius 1 is 0.962 bits per heavy atom. The average Bonchev–Trinajstić information content (AvgIpc) is 2.61. The highest BCUT2D eigenvalue weighted by atomic mass is 16.7. The molecule has 2 rings (SSSR count). The van der Waals surface area contributed by atoms with Crippen molar-refractivity contribution in [3.05, 3.63) is 0 Å². The number of aliphatic hydroxyl groups excluding tert-OH is 4. The Morgan fingerprint density at radius 3 is 2.27 bits per heavy atom. The van der Waals surface area contributed by atoms with Crippen LogP contribution in [0.5, 0.6) is 0 Å². The fourth-order valence-electron chi connectivity index (χ4n) is 4.33. The monoisotopic (exact) mass is 374 g/mol. The lowest BCUT2D eigenvalue weighted by molar-refractivity contribution is -0.318. The minimum Gasteiger partial charge on any atom is -0.396 e. The maximum atomic E-state index is 10.4. The van der Waals surface area contributed by atoms with E-state index >= 15 is 0 Å². The maximum absolute atomic E-state index is 10.4. The van der Waals surface area contributed by atoms with Crippen LogP contribution in [0.15, 0.2) is 0 Å². The van der Waals surface area contributed by atoms with Crippen LogP contribution < -0.4 is 0 Å². The summed E-state index contributed by atoms with van der Waals surface area (Å²) in [7, 11) is 0. The Labute approximate surface area is 157 Å². The van der Waals surface area contributed by atoms with Gasteiger partial charge in [-0.05, 0) is 57.3 Å². The largest absolute Gasteiger partial charge is 0.396 e. The third-order valence-electron chi connectivity index (χ3n) is 5.93. The molecule has 0 aliphatic carbocycles. The summed E-state index contributed by atoms with van der Waals surface area (Å²) >= 11 is 0. The highest BCUT2D eigenvalue weighted by molar-refractivity contribution is 4.86. The summed E-state index contributed by atoms with van der Waals surface area (Å²) < 4.78 is 12.7. The third kappa shape index (κ3) is 6.43. The van der Waals surface area contributed by atoms with Crippen LogP contribution in [0.2, 0.25) is 0 Å². The van der Waals surface area contributed by atoms with E-state index in [1.165, 1.54) is 0 Å². The van der Waals surface area contributed by atoms with Crippen LogP contribution in [0.1, 0.15) is 77.6 Å². The van der Waals surface area contributed by atoms with Crippen LogP contribution in [-0.4, -0.2) is 63.8 Å². The first kappa shape index (κ1) is 22.1. The van der Waals surface area contributed by atoms with Gasteiger partial charge in [-0.15, -0.1) is 0 Å². The van der Waals surface area contributed by atoms with Gasteiger partial charge < -0.3 is 29.9 Å². The molecule has 0 bridgehead atoms. The van der Waals surface area contributed by atoms with Gasteiger partial charge in [-0.1, -0.05) is 6.92 Å². The molecule has 2 fully saturated rings. The molecular weight excluding hydrogens is 336 g/mol. The van der Waals surface area contributed by atoms with Crippen LogP contribution in [0.25, 0.3) is 0 Å². The van der Waals surface area contributed by atoms with E-state index < -0.39 is 18.0 Å². The molecule has 6 atom stereocenters. The number of unbranched alkanes of at least 4 members (excludes halogenated alkanes) is 1. The topological polar surface area (TPSA) is 99.4 Å². The molecule has 26 heavy (non-hydrogen) atoms. The predicted octanol–water partition coefficient (Wildman–Crippen LogP) is 2.11. The fourth-order valence-corrected chi connectivity index (χ4v) is 4.33. The van der Waals surface area contributed by atoms with Gasteiger partial charge in [-0.25, -0.2) is 0 Å². The van der Waals surface area contributed by atoms with Crippen molar-refractivity contribution in [3.8, 4) is 0 Å². The van der Waals surface area contributed by atoms with Gasteiger partial charge in [-0.3, -0.25) is 0 Å². The average molecular weight is 375 g/mol. The quantitative estimate of drug-likeness (QED) is 0.437. The number of hydrogen-bond acceptors (Lipinski definition) is 6. The van der Waals surface area contributed by atoms with Crippen molar-refractivity contribution in [2.24, 2.45) is 5.92 Å². The van der Waals surface area contributed by atoms with E-state index in [1.54, 1.807) is 0 Å². The van der Waals surface area contributed by atoms with E-state index in [1.807, 2.05) is 6.92 Å². The molecule has 4 N–H and O–H groups in total. The van der Waals surface area contributed by atoms with Crippen molar-refractivity contribution in [1.82, 2.24) is 0 Å². The zero-order valence-electron chi connectivity index (χ0n) is 16.2. The Morgan fingerprint density at radius 2 is 1.62 bits per heavy atom. The molecule has 2 saturated heterocycles. The van der Waals surface area contributed by atoms with Crippen molar-refractivity contribution in [3.63, 3.8) is 0 Å². The number of hydrogen-bond donors (Lipinski definition) is 4. The van der Waals surface area contributed by atoms with E-state index in [0.29, 0.717) is 12.8 Å². The van der Waals surface area contributed by atoms with Crippen LogP contribution in [0.4, 0.5) is 0 Å². The van der Waals surface area contributed by atoms with Crippen molar-refractivity contribution in [2.45, 2.75) is 108 Å². The zero-order chi connectivity index (χ0) is 19.0. The van der Waals surface area contributed by atoms with E-state index in [0.717, 1.165) is 57.8 Å². The van der Waals surface area contributed by atoms with Crippen LogP contribution in [0, 0.1) is 5.92 Å². The zero-order valence-corrected chi connectivity index (χ0v) is 16.2. The molecule has 2 aliphatic rings. The molecule has 6 nitrogen and oxygen atoms in total. The number of rotatable bonds is 10. The van der Waals surface area contributed by atoms with E-state index in [2.05, 4.69) is 0 Å². The molecule has 0 radical (unpaired) electrons. The molecule has 0 saturated carbocycles. The van der Waals surface area contributed by atoms with E-state index in [4.69, 9.17) is 19.7 Å². The van der Waals surface area contributed by atoms with Gasteiger partial charge in [-0.2, -0.15) is 0 Å². The highest BCUT2D eigenvalue weighted by Gasteiger charge is 2.43. The number of ether oxygens (including phenoxy) is 2. The molecule has 2 heterocycles. The summed E-state index contributed by atoms with van der Waals surface area (Å²) in [6, 6.07) is 0. The molecule has 0 amide bonds. The summed E-state index contributed by atoms with van der Waals surface area (Å²) in [5.41, 5.74) is 0. The summed E-state index contributed by atoms with van der Waals surface area (Å²) in [6.45, 7) is 2.08. The Kier molecular flexibility index (Phi) is 9.27. The van der Waals surface area contributed by atoms with Gasteiger partial charge >= 0.3 is 0 Å². The first-order valence-electron chi connectivity index (χ1n) is 10.4. The van der Waals surface area contributed by atoms with Gasteiger partial charge in [0.15, 0.2) is 5.79 Å². The van der Waals surface area contributed by atoms with Crippen LogP contribution in [-0.2, 0) is 9.47 Å². The first-order chi connectivity index (χ1) is 12.5. The molecular formula is C20H38O6. The van der Waals surface area contributed by atoms with Crippen molar-refractivity contribution < 1.29 is 29.9 Å². The Bertz CT molecular complexity index is 388. The lowest BCUT2D eigenvalue weighted by Gasteiger charge is -2.46. The van der Waals surface area contributed by atoms with E-state index in [9.17, 15) is 10.2 Å². The van der Waals surface area contributed by atoms with Gasteiger partial charge in [0.2, 0.25) is 0 Å². The highest BCUT2D eigenvalue weighted by Crippen LogP contribution is 2.41. The summed E-state index contributed by atoms with van der Waals surface area (Å²) in [5.74, 6) is -0.679. The SMILES string of the molecule is C[C@H](CCO)[C@H](O)[C@H](O)C[C@@H]1CCC[C@]2(CCC[C@@H](CCCCO)O2)O1. The molecule has 154 valence electrons. The van der Waals surface area contributed by atoms with Gasteiger partial charge in [0, 0.05) is 32.5 Å². The molecule has 0 aromatic carbocycles. The Balaban J connectivity index is 1.85. The minimum absolute atomic E-state index is 0.0134. The number of aliphatic hydroxyl groups is 4. The normalized spacial score (nSPS) is 33.1. The van der Waals surface area contributed by atoms with Crippen molar-refractivity contribution >= 4 is 0 Å². The van der Waals surface area contributed by atoms with Crippen molar-refractivity contribution in [1.29, 1.82) is 0 Å². The fraction of sp³-hybridized carbons (Fsp3) is 1.00. The summed E-state index contributed by atoms with van der Waals surface area (Å²) in [4.78, 5) is 0. The van der Waals surface area contributed by atoms with E-state index in [-0.39, 0.29) is 31.3 Å². The van der Waals surface area contributed by atoms with Gasteiger partial charge in [0.25, 0.3) is 0 Å². The second-order valence-electron chi connectivity index (χ2n) is 8.18. The van der Waals surface area contributed by atoms with Gasteiger partial charge in [0.05, 0.1) is 24.4 Å². The molecule has 0 aromatic heterocycles.